The summed E-state index contributed by atoms with van der Waals surface area (Å²) in [5, 5.41) is 3.81. The average Bonchev–Trinajstić information content (AvgIpc) is 2.46. The third-order valence-electron chi connectivity index (χ3n) is 3.67. The quantitative estimate of drug-likeness (QED) is 0.756. The maximum Gasteiger partial charge on any atom is 0.221 e. The van der Waals surface area contributed by atoms with Crippen molar-refractivity contribution in [1.29, 1.82) is 0 Å². The Balaban J connectivity index is 2.04. The van der Waals surface area contributed by atoms with Crippen molar-refractivity contribution >= 4 is 22.5 Å². The summed E-state index contributed by atoms with van der Waals surface area (Å²) < 4.78 is 0. The van der Waals surface area contributed by atoms with Crippen LogP contribution >= 0.6 is 0 Å². The number of rotatable bonds is 2. The first-order chi connectivity index (χ1) is 10.5. The molecular weight excluding hydrogens is 272 g/mol. The van der Waals surface area contributed by atoms with Gasteiger partial charge in [-0.15, -0.1) is 0 Å². The molecule has 3 heteroatoms. The minimum atomic E-state index is -0.0702. The van der Waals surface area contributed by atoms with Crippen molar-refractivity contribution in [3.05, 3.63) is 59.7 Å². The molecule has 0 saturated carbocycles. The number of hydrogen-bond donors (Lipinski definition) is 1. The van der Waals surface area contributed by atoms with Crippen molar-refractivity contribution in [2.45, 2.75) is 20.8 Å². The van der Waals surface area contributed by atoms with E-state index in [2.05, 4.69) is 37.4 Å². The number of amides is 1. The van der Waals surface area contributed by atoms with Crippen molar-refractivity contribution in [3.8, 4) is 11.3 Å². The Hall–Kier alpha value is -2.68. The van der Waals surface area contributed by atoms with E-state index in [1.165, 1.54) is 18.1 Å². The van der Waals surface area contributed by atoms with E-state index in [1.54, 1.807) is 0 Å². The second kappa shape index (κ2) is 5.60. The highest BCUT2D eigenvalue weighted by molar-refractivity contribution is 5.92. The Morgan fingerprint density at radius 3 is 2.55 bits per heavy atom. The van der Waals surface area contributed by atoms with Gasteiger partial charge in [0.25, 0.3) is 0 Å². The molecule has 1 aromatic heterocycles. The Labute approximate surface area is 130 Å². The first-order valence-electron chi connectivity index (χ1n) is 7.29. The second-order valence-corrected chi connectivity index (χ2v) is 5.60. The molecule has 110 valence electrons. The largest absolute Gasteiger partial charge is 0.326 e. The summed E-state index contributed by atoms with van der Waals surface area (Å²) >= 11 is 0. The fourth-order valence-corrected chi connectivity index (χ4v) is 2.66. The number of benzene rings is 2. The van der Waals surface area contributed by atoms with E-state index in [4.69, 9.17) is 4.98 Å². The minimum Gasteiger partial charge on any atom is -0.326 e. The molecule has 0 atom stereocenters. The summed E-state index contributed by atoms with van der Waals surface area (Å²) in [6, 6.07) is 16.2. The molecule has 0 aliphatic rings. The number of anilines is 1. The number of nitrogens with zero attached hydrogens (tertiary/aromatic N) is 1. The van der Waals surface area contributed by atoms with Crippen molar-refractivity contribution < 1.29 is 4.79 Å². The van der Waals surface area contributed by atoms with E-state index >= 15 is 0 Å². The van der Waals surface area contributed by atoms with Crippen molar-refractivity contribution in [2.24, 2.45) is 0 Å². The molecule has 1 heterocycles. The van der Waals surface area contributed by atoms with Gasteiger partial charge in [-0.25, -0.2) is 4.98 Å². The number of aryl methyl sites for hydroxylation is 2. The maximum atomic E-state index is 11.1. The third kappa shape index (κ3) is 2.84. The molecule has 3 aromatic rings. The van der Waals surface area contributed by atoms with E-state index < -0.39 is 0 Å². The molecule has 22 heavy (non-hydrogen) atoms. The highest BCUT2D eigenvalue weighted by atomic mass is 16.1. The van der Waals surface area contributed by atoms with Crippen LogP contribution in [0.5, 0.6) is 0 Å². The zero-order chi connectivity index (χ0) is 15.7. The SMILES string of the molecule is CC(=O)Nc1ccc2nc(-c3ccc(C)cc3C)ccc2c1. The standard InChI is InChI=1S/C19H18N2O/c1-12-4-7-17(13(2)10-12)19-8-5-15-11-16(20-14(3)22)6-9-18(15)21-19/h4-11H,1-3H3,(H,20,22). The summed E-state index contributed by atoms with van der Waals surface area (Å²) in [5.74, 6) is -0.0702. The molecule has 0 saturated heterocycles. The molecule has 1 N–H and O–H groups in total. The topological polar surface area (TPSA) is 42.0 Å². The normalized spacial score (nSPS) is 10.7. The maximum absolute atomic E-state index is 11.1. The van der Waals surface area contributed by atoms with Gasteiger partial charge in [0.1, 0.15) is 0 Å². The lowest BCUT2D eigenvalue weighted by Crippen LogP contribution is -2.05. The number of fused-ring (bicyclic) bond motifs is 1. The molecule has 3 nitrogen and oxygen atoms in total. The van der Waals surface area contributed by atoms with Gasteiger partial charge in [0.2, 0.25) is 5.91 Å². The van der Waals surface area contributed by atoms with Crippen molar-refractivity contribution in [2.75, 3.05) is 5.32 Å². The summed E-state index contributed by atoms with van der Waals surface area (Å²) in [4.78, 5) is 15.9. The summed E-state index contributed by atoms with van der Waals surface area (Å²) in [5.41, 5.74) is 6.31. The monoisotopic (exact) mass is 290 g/mol. The van der Waals surface area contributed by atoms with E-state index in [9.17, 15) is 4.79 Å². The van der Waals surface area contributed by atoms with Gasteiger partial charge in [-0.05, 0) is 43.7 Å². The van der Waals surface area contributed by atoms with Gasteiger partial charge in [0, 0.05) is 23.6 Å². The molecule has 0 radical (unpaired) electrons. The van der Waals surface area contributed by atoms with E-state index in [0.29, 0.717) is 0 Å². The minimum absolute atomic E-state index is 0.0702. The van der Waals surface area contributed by atoms with Gasteiger partial charge in [0.05, 0.1) is 11.2 Å². The molecule has 2 aromatic carbocycles. The van der Waals surface area contributed by atoms with Gasteiger partial charge >= 0.3 is 0 Å². The smallest absolute Gasteiger partial charge is 0.221 e. The lowest BCUT2D eigenvalue weighted by molar-refractivity contribution is -0.114. The average molecular weight is 290 g/mol. The van der Waals surface area contributed by atoms with Gasteiger partial charge in [-0.1, -0.05) is 29.8 Å². The Morgan fingerprint density at radius 2 is 1.82 bits per heavy atom. The van der Waals surface area contributed by atoms with Gasteiger partial charge < -0.3 is 5.32 Å². The number of pyridine rings is 1. The molecule has 0 aliphatic carbocycles. The zero-order valence-electron chi connectivity index (χ0n) is 13.0. The number of carbonyl (C=O) groups is 1. The van der Waals surface area contributed by atoms with Gasteiger partial charge in [-0.2, -0.15) is 0 Å². The summed E-state index contributed by atoms with van der Waals surface area (Å²) in [6.07, 6.45) is 0. The first-order valence-corrected chi connectivity index (χ1v) is 7.29. The van der Waals surface area contributed by atoms with E-state index in [1.807, 2.05) is 30.3 Å². The molecule has 1 amide bonds. The van der Waals surface area contributed by atoms with Crippen molar-refractivity contribution in [1.82, 2.24) is 4.98 Å². The number of nitrogens with one attached hydrogen (secondary N) is 1. The molecule has 0 spiro atoms. The Morgan fingerprint density at radius 1 is 1.00 bits per heavy atom. The van der Waals surface area contributed by atoms with Crippen LogP contribution in [-0.2, 0) is 4.79 Å². The number of carbonyl (C=O) groups excluding carboxylic acids is 1. The fourth-order valence-electron chi connectivity index (χ4n) is 2.66. The summed E-state index contributed by atoms with van der Waals surface area (Å²) in [6.45, 7) is 5.70. The number of aromatic nitrogens is 1. The molecule has 0 unspecified atom stereocenters. The van der Waals surface area contributed by atoms with Gasteiger partial charge in [-0.3, -0.25) is 4.79 Å². The van der Waals surface area contributed by atoms with Crippen LogP contribution in [0.4, 0.5) is 5.69 Å². The predicted molar refractivity (Wildman–Crippen MR) is 91.0 cm³/mol. The lowest BCUT2D eigenvalue weighted by Gasteiger charge is -2.09. The third-order valence-corrected chi connectivity index (χ3v) is 3.67. The van der Waals surface area contributed by atoms with E-state index in [0.717, 1.165) is 27.8 Å². The van der Waals surface area contributed by atoms with Crippen LogP contribution in [0.25, 0.3) is 22.2 Å². The fraction of sp³-hybridized carbons (Fsp3) is 0.158. The first kappa shape index (κ1) is 14.3. The van der Waals surface area contributed by atoms with Crippen LogP contribution in [-0.4, -0.2) is 10.9 Å². The zero-order valence-corrected chi connectivity index (χ0v) is 13.0. The Bertz CT molecular complexity index is 868. The summed E-state index contributed by atoms with van der Waals surface area (Å²) in [7, 11) is 0. The van der Waals surface area contributed by atoms with Crippen LogP contribution in [0.15, 0.2) is 48.5 Å². The van der Waals surface area contributed by atoms with Crippen molar-refractivity contribution in [3.63, 3.8) is 0 Å². The predicted octanol–water partition coefficient (Wildman–Crippen LogP) is 4.48. The van der Waals surface area contributed by atoms with Crippen LogP contribution in [0.1, 0.15) is 18.1 Å². The number of hydrogen-bond acceptors (Lipinski definition) is 2. The van der Waals surface area contributed by atoms with Gasteiger partial charge in [0.15, 0.2) is 0 Å². The highest BCUT2D eigenvalue weighted by Gasteiger charge is 2.06. The van der Waals surface area contributed by atoms with Crippen LogP contribution < -0.4 is 5.32 Å². The molecule has 3 rings (SSSR count). The molecule has 0 fully saturated rings. The van der Waals surface area contributed by atoms with E-state index in [-0.39, 0.29) is 5.91 Å². The Kier molecular flexibility index (Phi) is 3.63. The van der Waals surface area contributed by atoms with Crippen LogP contribution in [0.3, 0.4) is 0 Å². The highest BCUT2D eigenvalue weighted by Crippen LogP contribution is 2.26. The molecular formula is C19H18N2O. The van der Waals surface area contributed by atoms with Crippen LogP contribution in [0, 0.1) is 13.8 Å². The molecule has 0 bridgehead atoms. The second-order valence-electron chi connectivity index (χ2n) is 5.60. The lowest BCUT2D eigenvalue weighted by atomic mass is 10.0. The molecule has 0 aliphatic heterocycles. The van der Waals surface area contributed by atoms with Crippen LogP contribution in [0.2, 0.25) is 0 Å².